The van der Waals surface area contributed by atoms with Crippen molar-refractivity contribution in [3.63, 3.8) is 0 Å². The van der Waals surface area contributed by atoms with Crippen molar-refractivity contribution in [2.24, 2.45) is 0 Å². The van der Waals surface area contributed by atoms with E-state index in [4.69, 9.17) is 0 Å². The van der Waals surface area contributed by atoms with Gasteiger partial charge < -0.3 is 19.6 Å². The van der Waals surface area contributed by atoms with E-state index in [0.717, 1.165) is 6.42 Å². The zero-order valence-corrected chi connectivity index (χ0v) is 22.4. The van der Waals surface area contributed by atoms with Crippen LogP contribution in [0.5, 0.6) is 0 Å². The van der Waals surface area contributed by atoms with Gasteiger partial charge in [0.1, 0.15) is 12.1 Å². The molecule has 0 fully saturated rings. The summed E-state index contributed by atoms with van der Waals surface area (Å²) in [5, 5.41) is 0. The van der Waals surface area contributed by atoms with Gasteiger partial charge in [-0.2, -0.15) is 0 Å². The number of likely N-dealkylation sites (N-methyl/N-ethyl adjacent to an activating group) is 3. The molecule has 8 nitrogen and oxygen atoms in total. The summed E-state index contributed by atoms with van der Waals surface area (Å²) in [5.74, 6) is -0.232. The van der Waals surface area contributed by atoms with E-state index in [1.54, 1.807) is 68.9 Å². The van der Waals surface area contributed by atoms with Crippen molar-refractivity contribution in [3.8, 4) is 0 Å². The Kier molecular flexibility index (Phi) is 17.6. The fourth-order valence-corrected chi connectivity index (χ4v) is 3.32. The van der Waals surface area contributed by atoms with Crippen LogP contribution in [0.2, 0.25) is 0 Å². The number of hydrogen-bond acceptors (Lipinski definition) is 4. The Hall–Kier alpha value is -2.64. The van der Waals surface area contributed by atoms with Gasteiger partial charge in [-0.05, 0) is 52.2 Å². The second-order valence-corrected chi connectivity index (χ2v) is 7.97. The van der Waals surface area contributed by atoms with Gasteiger partial charge in [0, 0.05) is 41.3 Å². The van der Waals surface area contributed by atoms with E-state index in [2.05, 4.69) is 0 Å². The average molecular weight is 467 g/mol. The summed E-state index contributed by atoms with van der Waals surface area (Å²) in [5.41, 5.74) is 0. The summed E-state index contributed by atoms with van der Waals surface area (Å²) in [6.07, 6.45) is 8.53. The van der Waals surface area contributed by atoms with Gasteiger partial charge in [-0.15, -0.1) is 0 Å². The number of hydrogen-bond donors (Lipinski definition) is 0. The Morgan fingerprint density at radius 2 is 1.03 bits per heavy atom. The van der Waals surface area contributed by atoms with E-state index in [9.17, 15) is 19.2 Å². The summed E-state index contributed by atoms with van der Waals surface area (Å²) in [6.45, 7) is 12.5. The lowest BCUT2D eigenvalue weighted by atomic mass is 10.1. The molecule has 0 N–H and O–H groups in total. The molecular formula is C25H46N4O4. The summed E-state index contributed by atoms with van der Waals surface area (Å²) < 4.78 is 0. The van der Waals surface area contributed by atoms with Crippen LogP contribution in [-0.2, 0) is 19.2 Å². The lowest BCUT2D eigenvalue weighted by molar-refractivity contribution is -0.142. The van der Waals surface area contributed by atoms with Crippen LogP contribution in [0.4, 0.5) is 0 Å². The summed E-state index contributed by atoms with van der Waals surface area (Å²) in [7, 11) is 6.85. The average Bonchev–Trinajstić information content (AvgIpc) is 2.77. The molecule has 0 aromatic heterocycles. The molecular weight excluding hydrogens is 420 g/mol. The Balaban J connectivity index is 0. The van der Waals surface area contributed by atoms with E-state index in [1.165, 1.54) is 17.1 Å². The number of rotatable bonds is 11. The second-order valence-electron chi connectivity index (χ2n) is 7.97. The monoisotopic (exact) mass is 466 g/mol. The first kappa shape index (κ1) is 32.5. The lowest BCUT2D eigenvalue weighted by Crippen LogP contribution is -2.48. The lowest BCUT2D eigenvalue weighted by Gasteiger charge is -2.31. The van der Waals surface area contributed by atoms with Gasteiger partial charge in [-0.25, -0.2) is 0 Å². The van der Waals surface area contributed by atoms with Gasteiger partial charge >= 0.3 is 0 Å². The van der Waals surface area contributed by atoms with Crippen molar-refractivity contribution < 1.29 is 19.2 Å². The molecule has 2 unspecified atom stereocenters. The fourth-order valence-electron chi connectivity index (χ4n) is 3.32. The molecule has 2 atom stereocenters. The minimum atomic E-state index is -0.358. The zero-order valence-electron chi connectivity index (χ0n) is 22.4. The highest BCUT2D eigenvalue weighted by Gasteiger charge is 2.28. The standard InChI is InChI=1S/C13H24N2O2.C12H22N2O2/c1-6-9-12(16)15(10-7-2)11(8-3)13(17)14(4)5;1-6-9-11(15)14(8-3)10(7-2)12(16)13(4)5/h6,9,11H,7-8,10H2,1-5H3;6,9-10H,7-8H2,1-5H3/b2*9-6+. The first-order valence-corrected chi connectivity index (χ1v) is 11.8. The molecule has 8 heteroatoms. The highest BCUT2D eigenvalue weighted by atomic mass is 16.2. The zero-order chi connectivity index (χ0) is 26.1. The van der Waals surface area contributed by atoms with Gasteiger partial charge in [0.05, 0.1) is 0 Å². The predicted molar refractivity (Wildman–Crippen MR) is 135 cm³/mol. The Morgan fingerprint density at radius 3 is 1.30 bits per heavy atom. The maximum atomic E-state index is 12.0. The Morgan fingerprint density at radius 1 is 0.667 bits per heavy atom. The number of amides is 4. The minimum absolute atomic E-state index is 0.0150. The van der Waals surface area contributed by atoms with Crippen LogP contribution in [-0.4, -0.2) is 96.6 Å². The number of nitrogens with zero attached hydrogens (tertiary/aromatic N) is 4. The normalized spacial score (nSPS) is 12.5. The van der Waals surface area contributed by atoms with Crippen LogP contribution < -0.4 is 0 Å². The first-order chi connectivity index (χ1) is 15.5. The van der Waals surface area contributed by atoms with E-state index < -0.39 is 0 Å². The first-order valence-electron chi connectivity index (χ1n) is 11.8. The molecule has 0 aliphatic rings. The third kappa shape index (κ3) is 11.2. The highest BCUT2D eigenvalue weighted by Crippen LogP contribution is 2.10. The van der Waals surface area contributed by atoms with Crippen LogP contribution in [0.15, 0.2) is 24.3 Å². The molecule has 0 bridgehead atoms. The van der Waals surface area contributed by atoms with Gasteiger partial charge in [0.2, 0.25) is 23.6 Å². The van der Waals surface area contributed by atoms with Crippen molar-refractivity contribution in [1.29, 1.82) is 0 Å². The molecule has 0 heterocycles. The second kappa shape index (κ2) is 17.9. The van der Waals surface area contributed by atoms with Gasteiger partial charge in [-0.1, -0.05) is 32.9 Å². The number of carbonyl (C=O) groups is 4. The largest absolute Gasteiger partial charge is 0.347 e. The Bertz CT molecular complexity index is 671. The molecule has 0 aromatic carbocycles. The molecule has 0 radical (unpaired) electrons. The van der Waals surface area contributed by atoms with Crippen LogP contribution in [0, 0.1) is 0 Å². The van der Waals surface area contributed by atoms with Crippen LogP contribution >= 0.6 is 0 Å². The van der Waals surface area contributed by atoms with Crippen LogP contribution in [0.3, 0.4) is 0 Å². The molecule has 0 rings (SSSR count). The van der Waals surface area contributed by atoms with Crippen LogP contribution in [0.25, 0.3) is 0 Å². The van der Waals surface area contributed by atoms with E-state index in [0.29, 0.717) is 25.9 Å². The maximum absolute atomic E-state index is 12.0. The van der Waals surface area contributed by atoms with Crippen molar-refractivity contribution in [2.75, 3.05) is 41.3 Å². The SMILES string of the molecule is C/C=C/C(=O)N(CC)C(CC)C(=O)N(C)C.C/C=C/C(=O)N(CCC)C(CC)C(=O)N(C)C. The summed E-state index contributed by atoms with van der Waals surface area (Å²) in [6, 6.07) is -0.711. The van der Waals surface area contributed by atoms with Gasteiger partial charge in [0.25, 0.3) is 0 Å². The minimum Gasteiger partial charge on any atom is -0.347 e. The fraction of sp³-hybridized carbons (Fsp3) is 0.680. The molecule has 0 spiro atoms. The molecule has 190 valence electrons. The molecule has 33 heavy (non-hydrogen) atoms. The number of allylic oxidation sites excluding steroid dienone is 2. The third-order valence-corrected chi connectivity index (χ3v) is 4.97. The summed E-state index contributed by atoms with van der Waals surface area (Å²) in [4.78, 5) is 53.9. The molecule has 0 saturated carbocycles. The molecule has 0 aliphatic heterocycles. The Labute approximate surface area is 201 Å². The van der Waals surface area contributed by atoms with Gasteiger partial charge in [0.15, 0.2) is 0 Å². The molecule has 0 saturated heterocycles. The highest BCUT2D eigenvalue weighted by molar-refractivity contribution is 5.93. The summed E-state index contributed by atoms with van der Waals surface area (Å²) >= 11 is 0. The van der Waals surface area contributed by atoms with Crippen molar-refractivity contribution in [2.45, 2.75) is 72.9 Å². The van der Waals surface area contributed by atoms with Crippen molar-refractivity contribution in [3.05, 3.63) is 24.3 Å². The molecule has 0 aliphatic carbocycles. The topological polar surface area (TPSA) is 81.2 Å². The van der Waals surface area contributed by atoms with Crippen LogP contribution in [0.1, 0.15) is 60.8 Å². The van der Waals surface area contributed by atoms with Crippen molar-refractivity contribution >= 4 is 23.6 Å². The maximum Gasteiger partial charge on any atom is 0.246 e. The van der Waals surface area contributed by atoms with Crippen molar-refractivity contribution in [1.82, 2.24) is 19.6 Å². The quantitative estimate of drug-likeness (QED) is 0.439. The van der Waals surface area contributed by atoms with E-state index in [1.807, 2.05) is 27.7 Å². The van der Waals surface area contributed by atoms with Gasteiger partial charge in [-0.3, -0.25) is 19.2 Å². The molecule has 4 amide bonds. The van der Waals surface area contributed by atoms with E-state index in [-0.39, 0.29) is 35.7 Å². The van der Waals surface area contributed by atoms with E-state index >= 15 is 0 Å². The predicted octanol–water partition coefficient (Wildman–Crippen LogP) is 2.95. The molecule has 0 aromatic rings. The third-order valence-electron chi connectivity index (χ3n) is 4.97. The number of carbonyl (C=O) groups excluding carboxylic acids is 4. The smallest absolute Gasteiger partial charge is 0.246 e.